The first-order valence-corrected chi connectivity index (χ1v) is 4.21. The summed E-state index contributed by atoms with van der Waals surface area (Å²) in [7, 11) is 0. The molecule has 0 saturated heterocycles. The normalized spacial score (nSPS) is 15.4. The molecule has 86 valence electrons. The Kier molecular flexibility index (Phi) is 2.79. The lowest BCUT2D eigenvalue weighted by molar-refractivity contribution is -0.141. The Morgan fingerprint density at radius 2 is 2.00 bits per heavy atom. The van der Waals surface area contributed by atoms with E-state index in [2.05, 4.69) is 4.98 Å². The Labute approximate surface area is 84.3 Å². The maximum atomic E-state index is 12.2. The summed E-state index contributed by atoms with van der Waals surface area (Å²) in [6.07, 6.45) is -5.14. The van der Waals surface area contributed by atoms with Crippen LogP contribution in [0.5, 0.6) is 0 Å². The Balaban J connectivity index is 2.95. The summed E-state index contributed by atoms with van der Waals surface area (Å²) in [6, 6.07) is 0. The zero-order valence-electron chi connectivity index (χ0n) is 8.26. The minimum atomic E-state index is -4.50. The molecule has 0 aliphatic rings. The molecule has 1 aromatic heterocycles. The van der Waals surface area contributed by atoms with E-state index in [4.69, 9.17) is 5.73 Å². The Hall–Kier alpha value is -1.08. The standard InChI is InChI=1S/C8H12F3N3O/c1-7(2,12)5(15)6-13-3-4(14-6)8(9,10)11/h3,5,15H,12H2,1-2H3,(H,13,14). The fourth-order valence-corrected chi connectivity index (χ4v) is 0.972. The van der Waals surface area contributed by atoms with E-state index >= 15 is 0 Å². The lowest BCUT2D eigenvalue weighted by Gasteiger charge is -2.23. The van der Waals surface area contributed by atoms with E-state index in [-0.39, 0.29) is 5.82 Å². The van der Waals surface area contributed by atoms with Crippen LogP contribution < -0.4 is 5.73 Å². The van der Waals surface area contributed by atoms with Gasteiger partial charge in [-0.1, -0.05) is 0 Å². The molecule has 0 radical (unpaired) electrons. The van der Waals surface area contributed by atoms with Gasteiger partial charge < -0.3 is 15.8 Å². The average molecular weight is 223 g/mol. The number of rotatable bonds is 2. The van der Waals surface area contributed by atoms with Crippen molar-refractivity contribution >= 4 is 0 Å². The van der Waals surface area contributed by atoms with Gasteiger partial charge in [-0.2, -0.15) is 13.2 Å². The van der Waals surface area contributed by atoms with E-state index < -0.39 is 23.5 Å². The van der Waals surface area contributed by atoms with Crippen LogP contribution in [-0.4, -0.2) is 20.6 Å². The van der Waals surface area contributed by atoms with Gasteiger partial charge in [-0.05, 0) is 13.8 Å². The fourth-order valence-electron chi connectivity index (χ4n) is 0.972. The van der Waals surface area contributed by atoms with Gasteiger partial charge in [0, 0.05) is 5.54 Å². The molecule has 0 aromatic carbocycles. The largest absolute Gasteiger partial charge is 0.432 e. The highest BCUT2D eigenvalue weighted by Crippen LogP contribution is 2.29. The molecule has 1 rings (SSSR count). The number of hydrogen-bond acceptors (Lipinski definition) is 3. The van der Waals surface area contributed by atoms with Crippen LogP contribution in [0.3, 0.4) is 0 Å². The van der Waals surface area contributed by atoms with Gasteiger partial charge in [0.1, 0.15) is 17.6 Å². The number of nitrogens with zero attached hydrogens (tertiary/aromatic N) is 1. The van der Waals surface area contributed by atoms with Crippen molar-refractivity contribution in [1.29, 1.82) is 0 Å². The van der Waals surface area contributed by atoms with Crippen LogP contribution in [0.1, 0.15) is 31.5 Å². The van der Waals surface area contributed by atoms with Crippen molar-refractivity contribution in [3.8, 4) is 0 Å². The maximum Gasteiger partial charge on any atom is 0.432 e. The number of imidazole rings is 1. The van der Waals surface area contributed by atoms with Gasteiger partial charge in [-0.25, -0.2) is 4.98 Å². The first-order valence-electron chi connectivity index (χ1n) is 4.21. The number of hydrogen-bond donors (Lipinski definition) is 3. The molecule has 1 unspecified atom stereocenters. The number of H-pyrrole nitrogens is 1. The lowest BCUT2D eigenvalue weighted by Crippen LogP contribution is -2.39. The molecule has 0 aliphatic heterocycles. The third kappa shape index (κ3) is 2.69. The molecular weight excluding hydrogens is 211 g/mol. The molecular formula is C8H12F3N3O. The zero-order valence-corrected chi connectivity index (χ0v) is 8.26. The first-order chi connectivity index (χ1) is 6.62. The van der Waals surface area contributed by atoms with Gasteiger partial charge in [0.15, 0.2) is 0 Å². The van der Waals surface area contributed by atoms with Crippen LogP contribution in [0.4, 0.5) is 13.2 Å². The van der Waals surface area contributed by atoms with Crippen molar-refractivity contribution in [3.05, 3.63) is 17.7 Å². The highest BCUT2D eigenvalue weighted by molar-refractivity contribution is 5.09. The molecule has 4 nitrogen and oxygen atoms in total. The van der Waals surface area contributed by atoms with Gasteiger partial charge in [0.2, 0.25) is 0 Å². The summed E-state index contributed by atoms with van der Waals surface area (Å²) >= 11 is 0. The van der Waals surface area contributed by atoms with E-state index in [1.165, 1.54) is 13.8 Å². The van der Waals surface area contributed by atoms with Crippen LogP contribution in [-0.2, 0) is 6.18 Å². The molecule has 0 spiro atoms. The summed E-state index contributed by atoms with van der Waals surface area (Å²) in [4.78, 5) is 5.44. The number of halogens is 3. The van der Waals surface area contributed by atoms with Crippen molar-refractivity contribution in [2.45, 2.75) is 31.7 Å². The number of aromatic amines is 1. The minimum absolute atomic E-state index is 0.185. The van der Waals surface area contributed by atoms with Crippen LogP contribution >= 0.6 is 0 Å². The smallest absolute Gasteiger partial charge is 0.383 e. The molecule has 1 aromatic rings. The van der Waals surface area contributed by atoms with Crippen molar-refractivity contribution in [3.63, 3.8) is 0 Å². The van der Waals surface area contributed by atoms with E-state index in [1.807, 2.05) is 4.98 Å². The molecule has 1 heterocycles. The van der Waals surface area contributed by atoms with Crippen molar-refractivity contribution < 1.29 is 18.3 Å². The summed E-state index contributed by atoms with van der Waals surface area (Å²) in [5.41, 5.74) is 3.48. The lowest BCUT2D eigenvalue weighted by atomic mass is 9.99. The molecule has 4 N–H and O–H groups in total. The molecule has 1 atom stereocenters. The van der Waals surface area contributed by atoms with E-state index in [0.29, 0.717) is 6.20 Å². The summed E-state index contributed by atoms with van der Waals surface area (Å²) in [6.45, 7) is 2.99. The van der Waals surface area contributed by atoms with E-state index in [9.17, 15) is 18.3 Å². The van der Waals surface area contributed by atoms with E-state index in [1.54, 1.807) is 0 Å². The zero-order chi connectivity index (χ0) is 11.9. The second-order valence-electron chi connectivity index (χ2n) is 3.90. The average Bonchev–Trinajstić information content (AvgIpc) is 2.47. The first kappa shape index (κ1) is 12.0. The van der Waals surface area contributed by atoms with Gasteiger partial charge in [0.05, 0.1) is 6.20 Å². The molecule has 0 saturated carbocycles. The third-order valence-electron chi connectivity index (χ3n) is 1.86. The monoisotopic (exact) mass is 223 g/mol. The van der Waals surface area contributed by atoms with Crippen molar-refractivity contribution in [2.24, 2.45) is 5.73 Å². The topological polar surface area (TPSA) is 74.9 Å². The number of alkyl halides is 3. The Bertz CT molecular complexity index is 340. The number of nitrogens with one attached hydrogen (secondary N) is 1. The number of aliphatic hydroxyl groups is 1. The summed E-state index contributed by atoms with van der Waals surface area (Å²) < 4.78 is 36.5. The highest BCUT2D eigenvalue weighted by atomic mass is 19.4. The molecule has 15 heavy (non-hydrogen) atoms. The minimum Gasteiger partial charge on any atom is -0.383 e. The second kappa shape index (κ2) is 3.49. The predicted octanol–water partition coefficient (Wildman–Crippen LogP) is 1.20. The SMILES string of the molecule is CC(C)(N)C(O)c1ncc(C(F)(F)F)[nH]1. The number of aromatic nitrogens is 2. The summed E-state index contributed by atoms with van der Waals surface area (Å²) in [5.74, 6) is -0.185. The Morgan fingerprint density at radius 1 is 1.47 bits per heavy atom. The van der Waals surface area contributed by atoms with Gasteiger partial charge in [-0.3, -0.25) is 0 Å². The van der Waals surface area contributed by atoms with Crippen LogP contribution in [0, 0.1) is 0 Å². The molecule has 0 fully saturated rings. The quantitative estimate of drug-likeness (QED) is 0.705. The van der Waals surface area contributed by atoms with Crippen LogP contribution in [0.25, 0.3) is 0 Å². The van der Waals surface area contributed by atoms with Gasteiger partial charge in [-0.15, -0.1) is 0 Å². The molecule has 7 heteroatoms. The third-order valence-corrected chi connectivity index (χ3v) is 1.86. The maximum absolute atomic E-state index is 12.2. The van der Waals surface area contributed by atoms with Gasteiger partial charge in [0.25, 0.3) is 0 Å². The molecule has 0 amide bonds. The molecule has 0 aliphatic carbocycles. The van der Waals surface area contributed by atoms with Crippen LogP contribution in [0.15, 0.2) is 6.20 Å². The van der Waals surface area contributed by atoms with Crippen molar-refractivity contribution in [2.75, 3.05) is 0 Å². The van der Waals surface area contributed by atoms with Crippen LogP contribution in [0.2, 0.25) is 0 Å². The number of aliphatic hydroxyl groups excluding tert-OH is 1. The highest BCUT2D eigenvalue weighted by Gasteiger charge is 2.35. The second-order valence-corrected chi connectivity index (χ2v) is 3.90. The van der Waals surface area contributed by atoms with E-state index in [0.717, 1.165) is 0 Å². The number of nitrogens with two attached hydrogens (primary N) is 1. The molecule has 0 bridgehead atoms. The Morgan fingerprint density at radius 3 is 2.33 bits per heavy atom. The van der Waals surface area contributed by atoms with Gasteiger partial charge >= 0.3 is 6.18 Å². The predicted molar refractivity (Wildman–Crippen MR) is 46.8 cm³/mol. The summed E-state index contributed by atoms with van der Waals surface area (Å²) in [5, 5.41) is 9.55. The van der Waals surface area contributed by atoms with Crippen molar-refractivity contribution in [1.82, 2.24) is 9.97 Å². The fraction of sp³-hybridized carbons (Fsp3) is 0.625.